The van der Waals surface area contributed by atoms with Crippen molar-refractivity contribution in [1.29, 1.82) is 0 Å². The molecular formula is C28H43NO8. The first-order valence-corrected chi connectivity index (χ1v) is 12.4. The van der Waals surface area contributed by atoms with E-state index in [-0.39, 0.29) is 32.5 Å². The SMILES string of the molecule is CC(C)(C)OC(=O)CN(CC(=O)OC(C)(C)C)[C@H](CCC(=O)OCc1ccccc1)C(=O)OC(C)(C)C. The molecule has 0 aliphatic carbocycles. The van der Waals surface area contributed by atoms with Crippen molar-refractivity contribution in [3.05, 3.63) is 35.9 Å². The molecule has 0 radical (unpaired) electrons. The van der Waals surface area contributed by atoms with Crippen LogP contribution in [0.1, 0.15) is 80.7 Å². The Morgan fingerprint density at radius 3 is 1.59 bits per heavy atom. The van der Waals surface area contributed by atoms with E-state index in [1.165, 1.54) is 4.90 Å². The Kier molecular flexibility index (Phi) is 11.8. The fourth-order valence-electron chi connectivity index (χ4n) is 3.24. The molecule has 0 aliphatic heterocycles. The van der Waals surface area contributed by atoms with E-state index in [0.717, 1.165) is 5.56 Å². The van der Waals surface area contributed by atoms with E-state index < -0.39 is 46.7 Å². The van der Waals surface area contributed by atoms with Crippen molar-refractivity contribution < 1.29 is 38.1 Å². The molecule has 0 fully saturated rings. The van der Waals surface area contributed by atoms with Gasteiger partial charge in [0.2, 0.25) is 0 Å². The number of carbonyl (C=O) groups excluding carboxylic acids is 4. The summed E-state index contributed by atoms with van der Waals surface area (Å²) in [5.74, 6) is -2.45. The quantitative estimate of drug-likeness (QED) is 0.312. The van der Waals surface area contributed by atoms with Crippen LogP contribution >= 0.6 is 0 Å². The Labute approximate surface area is 220 Å². The van der Waals surface area contributed by atoms with Gasteiger partial charge in [-0.15, -0.1) is 0 Å². The molecule has 1 aromatic rings. The highest BCUT2D eigenvalue weighted by molar-refractivity contribution is 5.81. The van der Waals surface area contributed by atoms with Crippen LogP contribution in [0.5, 0.6) is 0 Å². The normalized spacial score (nSPS) is 13.0. The average molecular weight is 522 g/mol. The number of esters is 4. The Morgan fingerprint density at radius 2 is 1.16 bits per heavy atom. The third kappa shape index (κ3) is 15.0. The molecule has 9 heteroatoms. The number of hydrogen-bond acceptors (Lipinski definition) is 9. The van der Waals surface area contributed by atoms with E-state index in [1.807, 2.05) is 30.3 Å². The molecule has 0 unspecified atom stereocenters. The van der Waals surface area contributed by atoms with Crippen LogP contribution < -0.4 is 0 Å². The van der Waals surface area contributed by atoms with Gasteiger partial charge < -0.3 is 18.9 Å². The minimum atomic E-state index is -1.09. The maximum absolute atomic E-state index is 13.2. The second-order valence-corrected chi connectivity index (χ2v) is 11.8. The van der Waals surface area contributed by atoms with Crippen LogP contribution in [0.25, 0.3) is 0 Å². The van der Waals surface area contributed by atoms with Crippen molar-refractivity contribution in [2.75, 3.05) is 13.1 Å². The van der Waals surface area contributed by atoms with Crippen LogP contribution in [-0.2, 0) is 44.7 Å². The molecule has 0 saturated carbocycles. The lowest BCUT2D eigenvalue weighted by Crippen LogP contribution is -2.50. The van der Waals surface area contributed by atoms with Gasteiger partial charge in [0, 0.05) is 6.42 Å². The zero-order chi connectivity index (χ0) is 28.4. The van der Waals surface area contributed by atoms with Crippen LogP contribution in [-0.4, -0.2) is 64.7 Å². The fourth-order valence-corrected chi connectivity index (χ4v) is 3.24. The molecule has 0 N–H and O–H groups in total. The van der Waals surface area contributed by atoms with E-state index in [0.29, 0.717) is 0 Å². The molecule has 0 aromatic heterocycles. The molecule has 0 amide bonds. The van der Waals surface area contributed by atoms with Gasteiger partial charge in [0.25, 0.3) is 0 Å². The minimum absolute atomic E-state index is 0.0336. The number of benzene rings is 1. The highest BCUT2D eigenvalue weighted by atomic mass is 16.6. The van der Waals surface area contributed by atoms with Gasteiger partial charge in [-0.2, -0.15) is 0 Å². The molecule has 0 aliphatic rings. The fraction of sp³-hybridized carbons (Fsp3) is 0.643. The van der Waals surface area contributed by atoms with Gasteiger partial charge in [-0.3, -0.25) is 24.1 Å². The Balaban J connectivity index is 3.11. The average Bonchev–Trinajstić information content (AvgIpc) is 2.68. The Hall–Kier alpha value is -2.94. The van der Waals surface area contributed by atoms with Crippen molar-refractivity contribution in [3.8, 4) is 0 Å². The molecule has 0 heterocycles. The number of ether oxygens (including phenoxy) is 4. The van der Waals surface area contributed by atoms with Gasteiger partial charge in [0.05, 0.1) is 13.1 Å². The maximum atomic E-state index is 13.2. The molecule has 0 bridgehead atoms. The first-order valence-electron chi connectivity index (χ1n) is 12.4. The lowest BCUT2D eigenvalue weighted by Gasteiger charge is -2.32. The largest absolute Gasteiger partial charge is 0.461 e. The van der Waals surface area contributed by atoms with E-state index in [4.69, 9.17) is 18.9 Å². The van der Waals surface area contributed by atoms with Crippen molar-refractivity contribution in [2.24, 2.45) is 0 Å². The van der Waals surface area contributed by atoms with Crippen LogP contribution in [0.3, 0.4) is 0 Å². The highest BCUT2D eigenvalue weighted by Crippen LogP contribution is 2.18. The van der Waals surface area contributed by atoms with E-state index in [1.54, 1.807) is 62.3 Å². The van der Waals surface area contributed by atoms with Crippen LogP contribution in [0.2, 0.25) is 0 Å². The highest BCUT2D eigenvalue weighted by Gasteiger charge is 2.35. The molecule has 9 nitrogen and oxygen atoms in total. The molecule has 1 rings (SSSR count). The summed E-state index contributed by atoms with van der Waals surface area (Å²) in [7, 11) is 0. The Morgan fingerprint density at radius 1 is 0.703 bits per heavy atom. The van der Waals surface area contributed by atoms with Crippen molar-refractivity contribution in [3.63, 3.8) is 0 Å². The first kappa shape index (κ1) is 32.1. The molecule has 1 atom stereocenters. The number of rotatable bonds is 11. The second kappa shape index (κ2) is 13.6. The molecular weight excluding hydrogens is 478 g/mol. The molecule has 208 valence electrons. The van der Waals surface area contributed by atoms with Crippen LogP contribution in [0.15, 0.2) is 30.3 Å². The van der Waals surface area contributed by atoms with Crippen molar-refractivity contribution >= 4 is 23.9 Å². The third-order valence-corrected chi connectivity index (χ3v) is 4.49. The van der Waals surface area contributed by atoms with Gasteiger partial charge >= 0.3 is 23.9 Å². The summed E-state index contributed by atoms with van der Waals surface area (Å²) in [4.78, 5) is 52.4. The predicted molar refractivity (Wildman–Crippen MR) is 138 cm³/mol. The summed E-state index contributed by atoms with van der Waals surface area (Å²) in [6.07, 6.45) is -0.163. The molecule has 1 aromatic carbocycles. The van der Waals surface area contributed by atoms with Crippen LogP contribution in [0.4, 0.5) is 0 Å². The molecule has 0 saturated heterocycles. The summed E-state index contributed by atoms with van der Waals surface area (Å²) >= 11 is 0. The van der Waals surface area contributed by atoms with Gasteiger partial charge in [0.15, 0.2) is 0 Å². The summed E-state index contributed by atoms with van der Waals surface area (Å²) in [5.41, 5.74) is -1.53. The summed E-state index contributed by atoms with van der Waals surface area (Å²) < 4.78 is 21.7. The number of hydrogen-bond donors (Lipinski definition) is 0. The lowest BCUT2D eigenvalue weighted by molar-refractivity contribution is -0.168. The monoisotopic (exact) mass is 521 g/mol. The summed E-state index contributed by atoms with van der Waals surface area (Å²) in [6.45, 7) is 14.8. The van der Waals surface area contributed by atoms with Crippen LogP contribution in [0, 0.1) is 0 Å². The topological polar surface area (TPSA) is 108 Å². The zero-order valence-corrected chi connectivity index (χ0v) is 23.7. The van der Waals surface area contributed by atoms with Gasteiger partial charge in [0.1, 0.15) is 29.5 Å². The van der Waals surface area contributed by atoms with Crippen molar-refractivity contribution in [1.82, 2.24) is 4.90 Å². The molecule has 0 spiro atoms. The van der Waals surface area contributed by atoms with Gasteiger partial charge in [-0.05, 0) is 74.3 Å². The number of nitrogens with zero attached hydrogens (tertiary/aromatic N) is 1. The second-order valence-electron chi connectivity index (χ2n) is 11.8. The standard InChI is InChI=1S/C28H43NO8/c1-26(2,3)35-23(31)17-29(18-24(32)36-27(4,5)6)21(25(33)37-28(7,8)9)15-16-22(30)34-19-20-13-11-10-12-14-20/h10-14,21H,15-19H2,1-9H3/t21-/m1/s1. The van der Waals surface area contributed by atoms with Gasteiger partial charge in [-0.25, -0.2) is 0 Å². The predicted octanol–water partition coefficient (Wildman–Crippen LogP) is 4.21. The van der Waals surface area contributed by atoms with Crippen molar-refractivity contribution in [2.45, 2.75) is 105 Å². The number of carbonyl (C=O) groups is 4. The van der Waals surface area contributed by atoms with E-state index in [9.17, 15) is 19.2 Å². The lowest BCUT2D eigenvalue weighted by atomic mass is 10.1. The first-order chi connectivity index (χ1) is 16.8. The minimum Gasteiger partial charge on any atom is -0.461 e. The Bertz CT molecular complexity index is 877. The van der Waals surface area contributed by atoms with Gasteiger partial charge in [-0.1, -0.05) is 30.3 Å². The summed E-state index contributed by atoms with van der Waals surface area (Å²) in [6, 6.07) is 8.12. The zero-order valence-electron chi connectivity index (χ0n) is 23.7. The maximum Gasteiger partial charge on any atom is 0.323 e. The third-order valence-electron chi connectivity index (χ3n) is 4.49. The van der Waals surface area contributed by atoms with E-state index in [2.05, 4.69) is 0 Å². The smallest absolute Gasteiger partial charge is 0.323 e. The summed E-state index contributed by atoms with van der Waals surface area (Å²) in [5, 5.41) is 0. The molecule has 37 heavy (non-hydrogen) atoms. The van der Waals surface area contributed by atoms with E-state index >= 15 is 0 Å².